The molecule has 48 valence electrons. The maximum Gasteiger partial charge on any atom is 0.120 e. The van der Waals surface area contributed by atoms with Gasteiger partial charge < -0.3 is 10.1 Å². The molecule has 0 aromatic heterocycles. The van der Waals surface area contributed by atoms with Gasteiger partial charge in [0, 0.05) is 6.54 Å². The third kappa shape index (κ3) is 2.14. The van der Waals surface area contributed by atoms with E-state index in [1.165, 1.54) is 0 Å². The van der Waals surface area contributed by atoms with E-state index < -0.39 is 0 Å². The third-order valence-electron chi connectivity index (χ3n) is 0.831. The molecule has 0 aromatic rings. The van der Waals surface area contributed by atoms with Crippen LogP contribution in [0.1, 0.15) is 0 Å². The van der Waals surface area contributed by atoms with Gasteiger partial charge in [0.05, 0.1) is 6.61 Å². The van der Waals surface area contributed by atoms with E-state index >= 15 is 0 Å². The molecule has 1 rings (SSSR count). The smallest absolute Gasteiger partial charge is 0.120 e. The van der Waals surface area contributed by atoms with Gasteiger partial charge >= 0.3 is 0 Å². The van der Waals surface area contributed by atoms with Gasteiger partial charge in [0.2, 0.25) is 0 Å². The summed E-state index contributed by atoms with van der Waals surface area (Å²) < 4.78 is 4.89. The number of nitrogens with one attached hydrogen (secondary N) is 2. The van der Waals surface area contributed by atoms with Gasteiger partial charge in [0.25, 0.3) is 0 Å². The fourth-order valence-electron chi connectivity index (χ4n) is 0.499. The van der Waals surface area contributed by atoms with E-state index in [2.05, 4.69) is 5.32 Å². The van der Waals surface area contributed by atoms with E-state index in [4.69, 9.17) is 10.1 Å². The van der Waals surface area contributed by atoms with Crippen LogP contribution < -0.4 is 5.32 Å². The highest BCUT2D eigenvalue weighted by Gasteiger charge is 2.00. The summed E-state index contributed by atoms with van der Waals surface area (Å²) in [4.78, 5) is 0. The van der Waals surface area contributed by atoms with Crippen LogP contribution in [0.4, 0.5) is 0 Å². The minimum Gasteiger partial charge on any atom is -0.372 e. The fourth-order valence-corrected chi connectivity index (χ4v) is 0.499. The van der Waals surface area contributed by atoms with E-state index in [0.29, 0.717) is 12.4 Å². The Morgan fingerprint density at radius 2 is 2.38 bits per heavy atom. The number of rotatable bonds is 0. The van der Waals surface area contributed by atoms with Gasteiger partial charge in [-0.25, -0.2) is 0 Å². The van der Waals surface area contributed by atoms with E-state index in [0.717, 1.165) is 13.2 Å². The maximum atomic E-state index is 6.95. The van der Waals surface area contributed by atoms with Crippen LogP contribution in [-0.4, -0.2) is 25.6 Å². The zero-order chi connectivity index (χ0) is 5.11. The standard InChI is InChI=1S/C4H8N2O.ClH/c5-4-3-7-2-1-6-4;/h1-3H2,(H2,5,6);1H. The molecule has 0 spiro atoms. The van der Waals surface area contributed by atoms with Crippen molar-refractivity contribution in [1.29, 1.82) is 5.41 Å². The first-order valence-corrected chi connectivity index (χ1v) is 2.28. The molecule has 4 heteroatoms. The van der Waals surface area contributed by atoms with Crippen LogP contribution in [0.3, 0.4) is 0 Å². The number of ether oxygens (including phenoxy) is 1. The molecule has 1 aliphatic rings. The molecule has 2 N–H and O–H groups in total. The molecule has 0 saturated carbocycles. The highest BCUT2D eigenvalue weighted by molar-refractivity contribution is 5.85. The Morgan fingerprint density at radius 1 is 1.62 bits per heavy atom. The summed E-state index contributed by atoms with van der Waals surface area (Å²) >= 11 is 0. The normalized spacial score (nSPS) is 18.8. The van der Waals surface area contributed by atoms with Crippen molar-refractivity contribution in [1.82, 2.24) is 5.32 Å². The second kappa shape index (κ2) is 3.69. The SMILES string of the molecule is Cl.N=C1COCCN1. The number of morpholine rings is 1. The van der Waals surface area contributed by atoms with Crippen LogP contribution in [-0.2, 0) is 4.74 Å². The van der Waals surface area contributed by atoms with Crippen LogP contribution in [0.2, 0.25) is 0 Å². The topological polar surface area (TPSA) is 45.1 Å². The minimum atomic E-state index is 0. The second-order valence-electron chi connectivity index (χ2n) is 1.46. The zero-order valence-corrected chi connectivity index (χ0v) is 5.25. The van der Waals surface area contributed by atoms with Crippen LogP contribution in [0.5, 0.6) is 0 Å². The van der Waals surface area contributed by atoms with Gasteiger partial charge in [0.1, 0.15) is 12.4 Å². The van der Waals surface area contributed by atoms with Gasteiger partial charge in [-0.1, -0.05) is 0 Å². The summed E-state index contributed by atoms with van der Waals surface area (Å²) in [6, 6.07) is 0. The molecule has 0 bridgehead atoms. The molecule has 0 unspecified atom stereocenters. The molecule has 8 heavy (non-hydrogen) atoms. The van der Waals surface area contributed by atoms with Gasteiger partial charge in [-0.2, -0.15) is 0 Å². The molecule has 1 fully saturated rings. The lowest BCUT2D eigenvalue weighted by atomic mass is 10.5. The summed E-state index contributed by atoms with van der Waals surface area (Å²) in [5.41, 5.74) is 0. The Hall–Kier alpha value is -0.280. The van der Waals surface area contributed by atoms with Crippen molar-refractivity contribution in [3.63, 3.8) is 0 Å². The molecule has 1 heterocycles. The van der Waals surface area contributed by atoms with Crippen molar-refractivity contribution in [2.24, 2.45) is 0 Å². The minimum absolute atomic E-state index is 0. The van der Waals surface area contributed by atoms with Gasteiger partial charge in [-0.05, 0) is 0 Å². The molecule has 1 aliphatic heterocycles. The first-order valence-electron chi connectivity index (χ1n) is 2.28. The number of halogens is 1. The Morgan fingerprint density at radius 3 is 2.62 bits per heavy atom. The fraction of sp³-hybridized carbons (Fsp3) is 0.750. The number of hydrogen-bond acceptors (Lipinski definition) is 2. The number of hydrogen-bond donors (Lipinski definition) is 2. The predicted octanol–water partition coefficient (Wildman–Crippen LogP) is 0.00527. The quantitative estimate of drug-likeness (QED) is 0.493. The summed E-state index contributed by atoms with van der Waals surface area (Å²) in [7, 11) is 0. The van der Waals surface area contributed by atoms with E-state index in [-0.39, 0.29) is 12.4 Å². The van der Waals surface area contributed by atoms with Crippen molar-refractivity contribution in [2.75, 3.05) is 19.8 Å². The van der Waals surface area contributed by atoms with Crippen LogP contribution in [0.15, 0.2) is 0 Å². The van der Waals surface area contributed by atoms with Crippen LogP contribution in [0.25, 0.3) is 0 Å². The first-order chi connectivity index (χ1) is 3.39. The summed E-state index contributed by atoms with van der Waals surface area (Å²) in [5, 5.41) is 9.79. The number of amidine groups is 1. The van der Waals surface area contributed by atoms with Crippen molar-refractivity contribution >= 4 is 18.2 Å². The largest absolute Gasteiger partial charge is 0.372 e. The summed E-state index contributed by atoms with van der Waals surface area (Å²) in [5.74, 6) is 0.492. The average molecular weight is 137 g/mol. The monoisotopic (exact) mass is 136 g/mol. The lowest BCUT2D eigenvalue weighted by molar-refractivity contribution is 0.158. The van der Waals surface area contributed by atoms with Crippen molar-refractivity contribution < 1.29 is 4.74 Å². The maximum absolute atomic E-state index is 6.95. The molecular weight excluding hydrogens is 128 g/mol. The zero-order valence-electron chi connectivity index (χ0n) is 4.44. The molecule has 1 saturated heterocycles. The third-order valence-corrected chi connectivity index (χ3v) is 0.831. The molecular formula is C4H9ClN2O. The highest BCUT2D eigenvalue weighted by Crippen LogP contribution is 1.80. The van der Waals surface area contributed by atoms with Crippen molar-refractivity contribution in [3.8, 4) is 0 Å². The second-order valence-corrected chi connectivity index (χ2v) is 1.46. The van der Waals surface area contributed by atoms with Crippen molar-refractivity contribution in [3.05, 3.63) is 0 Å². The first kappa shape index (κ1) is 7.72. The Kier molecular flexibility index (Phi) is 3.56. The summed E-state index contributed by atoms with van der Waals surface area (Å²) in [6.07, 6.45) is 0. The lowest BCUT2D eigenvalue weighted by Gasteiger charge is -2.13. The van der Waals surface area contributed by atoms with Crippen molar-refractivity contribution in [2.45, 2.75) is 0 Å². The molecule has 0 radical (unpaired) electrons. The van der Waals surface area contributed by atoms with Crippen LogP contribution in [0, 0.1) is 5.41 Å². The van der Waals surface area contributed by atoms with E-state index in [1.54, 1.807) is 0 Å². The van der Waals surface area contributed by atoms with Gasteiger partial charge in [-0.3, -0.25) is 5.41 Å². The molecule has 0 aliphatic carbocycles. The molecule has 0 atom stereocenters. The van der Waals surface area contributed by atoms with Crippen LogP contribution >= 0.6 is 12.4 Å². The predicted molar refractivity (Wildman–Crippen MR) is 33.8 cm³/mol. The molecule has 3 nitrogen and oxygen atoms in total. The Balaban J connectivity index is 0.000000490. The lowest BCUT2D eigenvalue weighted by Crippen LogP contribution is -2.35. The molecule has 0 amide bonds. The van der Waals surface area contributed by atoms with E-state index in [9.17, 15) is 0 Å². The van der Waals surface area contributed by atoms with Gasteiger partial charge in [0.15, 0.2) is 0 Å². The average Bonchev–Trinajstić information content (AvgIpc) is 1.69. The highest BCUT2D eigenvalue weighted by atomic mass is 35.5. The Bertz CT molecular complexity index is 78.1. The Labute approximate surface area is 54.3 Å². The van der Waals surface area contributed by atoms with E-state index in [1.807, 2.05) is 0 Å². The summed E-state index contributed by atoms with van der Waals surface area (Å²) in [6.45, 7) is 1.99. The molecule has 0 aromatic carbocycles. The van der Waals surface area contributed by atoms with Gasteiger partial charge in [-0.15, -0.1) is 12.4 Å².